The molecule has 138 valence electrons. The molecule has 4 rings (SSSR count). The van der Waals surface area contributed by atoms with E-state index in [1.54, 1.807) is 13.0 Å². The van der Waals surface area contributed by atoms with Crippen LogP contribution in [0.15, 0.2) is 11.6 Å². The minimum atomic E-state index is -0.984. The van der Waals surface area contributed by atoms with Gasteiger partial charge in [0.05, 0.1) is 11.7 Å². The van der Waals surface area contributed by atoms with Crippen LogP contribution in [-0.2, 0) is 9.59 Å². The van der Waals surface area contributed by atoms with Gasteiger partial charge in [-0.3, -0.25) is 9.59 Å². The van der Waals surface area contributed by atoms with Gasteiger partial charge in [-0.2, -0.15) is 0 Å². The fourth-order valence-electron chi connectivity index (χ4n) is 7.17. The van der Waals surface area contributed by atoms with E-state index in [9.17, 15) is 19.8 Å². The molecule has 7 unspecified atom stereocenters. The number of aliphatic hydroxyl groups is 2. The van der Waals surface area contributed by atoms with Crippen molar-refractivity contribution in [3.8, 4) is 0 Å². The van der Waals surface area contributed by atoms with Crippen LogP contribution in [0.4, 0.5) is 0 Å². The van der Waals surface area contributed by atoms with E-state index in [4.69, 9.17) is 0 Å². The van der Waals surface area contributed by atoms with Crippen LogP contribution in [0.1, 0.15) is 65.7 Å². The lowest BCUT2D eigenvalue weighted by atomic mass is 9.44. The molecule has 2 N–H and O–H groups in total. The highest BCUT2D eigenvalue weighted by Crippen LogP contribution is 2.68. The van der Waals surface area contributed by atoms with E-state index in [-0.39, 0.29) is 34.7 Å². The van der Waals surface area contributed by atoms with Gasteiger partial charge >= 0.3 is 0 Å². The molecule has 0 radical (unpaired) electrons. The first-order valence-corrected chi connectivity index (χ1v) is 9.78. The second-order valence-electron chi connectivity index (χ2n) is 9.54. The summed E-state index contributed by atoms with van der Waals surface area (Å²) < 4.78 is 0. The van der Waals surface area contributed by atoms with Gasteiger partial charge in [0.2, 0.25) is 0 Å². The van der Waals surface area contributed by atoms with Crippen LogP contribution in [-0.4, -0.2) is 33.5 Å². The summed E-state index contributed by atoms with van der Waals surface area (Å²) in [7, 11) is 0. The Morgan fingerprint density at radius 3 is 2.60 bits per heavy atom. The minimum Gasteiger partial charge on any atom is -0.392 e. The van der Waals surface area contributed by atoms with Crippen LogP contribution < -0.4 is 0 Å². The van der Waals surface area contributed by atoms with Crippen molar-refractivity contribution in [2.75, 3.05) is 0 Å². The first-order valence-electron chi connectivity index (χ1n) is 9.78. The van der Waals surface area contributed by atoms with Crippen molar-refractivity contribution in [3.05, 3.63) is 11.6 Å². The SMILES string of the molecule is CC(=O)C1CCC2(O)C3C(O)CC4=CC(=O)CCC4(C)C3CCC12C. The molecule has 25 heavy (non-hydrogen) atoms. The van der Waals surface area contributed by atoms with Crippen molar-refractivity contribution in [2.24, 2.45) is 28.6 Å². The van der Waals surface area contributed by atoms with Gasteiger partial charge in [-0.1, -0.05) is 19.4 Å². The van der Waals surface area contributed by atoms with Gasteiger partial charge in [-0.05, 0) is 62.9 Å². The molecule has 3 saturated carbocycles. The number of fused-ring (bicyclic) bond motifs is 5. The molecule has 0 heterocycles. The molecule has 0 aromatic heterocycles. The summed E-state index contributed by atoms with van der Waals surface area (Å²) >= 11 is 0. The zero-order valence-corrected chi connectivity index (χ0v) is 15.5. The quantitative estimate of drug-likeness (QED) is 0.766. The third-order valence-corrected chi connectivity index (χ3v) is 8.64. The van der Waals surface area contributed by atoms with Crippen molar-refractivity contribution >= 4 is 11.6 Å². The number of Topliss-reactive ketones (excluding diaryl/α,β-unsaturated/α-hetero) is 1. The standard InChI is InChI=1S/C21H30O4/c1-12(22)15-6-9-21(25)18-16(5-8-20(15,21)3)19(2)7-4-14(23)10-13(19)11-17(18)24/h10,15-18,24-25H,4-9,11H2,1-3H3. The molecule has 0 amide bonds. The normalized spacial score (nSPS) is 52.0. The van der Waals surface area contributed by atoms with Crippen molar-refractivity contribution in [1.82, 2.24) is 0 Å². The molecule has 0 aliphatic heterocycles. The van der Waals surface area contributed by atoms with E-state index < -0.39 is 17.1 Å². The predicted octanol–water partition coefficient (Wildman–Crippen LogP) is 2.81. The molecule has 0 aromatic carbocycles. The van der Waals surface area contributed by atoms with Crippen molar-refractivity contribution < 1.29 is 19.8 Å². The molecule has 7 atom stereocenters. The highest BCUT2D eigenvalue weighted by atomic mass is 16.3. The van der Waals surface area contributed by atoms with Gasteiger partial charge in [-0.15, -0.1) is 0 Å². The Balaban J connectivity index is 1.78. The van der Waals surface area contributed by atoms with Crippen LogP contribution in [0.2, 0.25) is 0 Å². The third-order valence-electron chi connectivity index (χ3n) is 8.64. The Bertz CT molecular complexity index is 667. The first kappa shape index (κ1) is 17.4. The summed E-state index contributed by atoms with van der Waals surface area (Å²) in [4.78, 5) is 24.1. The number of aliphatic hydroxyl groups excluding tert-OH is 1. The fraction of sp³-hybridized carbons (Fsp3) is 0.810. The molecule has 4 heteroatoms. The van der Waals surface area contributed by atoms with Crippen LogP contribution in [0, 0.1) is 28.6 Å². The van der Waals surface area contributed by atoms with E-state index >= 15 is 0 Å². The van der Waals surface area contributed by atoms with Crippen LogP contribution >= 0.6 is 0 Å². The predicted molar refractivity (Wildman–Crippen MR) is 93.7 cm³/mol. The molecule has 3 fully saturated rings. The number of ketones is 2. The van der Waals surface area contributed by atoms with Gasteiger partial charge in [0, 0.05) is 23.7 Å². The lowest BCUT2D eigenvalue weighted by Crippen LogP contribution is -2.64. The van der Waals surface area contributed by atoms with E-state index in [1.807, 2.05) is 0 Å². The third kappa shape index (κ3) is 2.07. The fourth-order valence-corrected chi connectivity index (χ4v) is 7.17. The average molecular weight is 346 g/mol. The second-order valence-corrected chi connectivity index (χ2v) is 9.54. The van der Waals surface area contributed by atoms with Crippen molar-refractivity contribution in [2.45, 2.75) is 77.4 Å². The average Bonchev–Trinajstić information content (AvgIpc) is 2.81. The Morgan fingerprint density at radius 2 is 1.92 bits per heavy atom. The van der Waals surface area contributed by atoms with E-state index in [0.717, 1.165) is 31.3 Å². The minimum absolute atomic E-state index is 0.108. The summed E-state index contributed by atoms with van der Waals surface area (Å²) in [5.74, 6) is 0.195. The van der Waals surface area contributed by atoms with Gasteiger partial charge < -0.3 is 10.2 Å². The molecule has 4 aliphatic rings. The molecule has 0 spiro atoms. The molecular formula is C21H30O4. The number of carbonyl (C=O) groups excluding carboxylic acids is 2. The maximum Gasteiger partial charge on any atom is 0.155 e. The maximum atomic E-state index is 12.2. The number of rotatable bonds is 1. The zero-order valence-electron chi connectivity index (χ0n) is 15.5. The smallest absolute Gasteiger partial charge is 0.155 e. The summed E-state index contributed by atoms with van der Waals surface area (Å²) in [5, 5.41) is 22.8. The molecule has 0 saturated heterocycles. The Kier molecular flexibility index (Phi) is 3.66. The first-order chi connectivity index (χ1) is 11.6. The van der Waals surface area contributed by atoms with Crippen LogP contribution in [0.5, 0.6) is 0 Å². The van der Waals surface area contributed by atoms with E-state index in [2.05, 4.69) is 13.8 Å². The zero-order chi connectivity index (χ0) is 18.2. The second kappa shape index (κ2) is 5.26. The summed E-state index contributed by atoms with van der Waals surface area (Å²) in [5.41, 5.74) is -0.459. The summed E-state index contributed by atoms with van der Waals surface area (Å²) in [6.07, 6.45) is 6.02. The highest BCUT2D eigenvalue weighted by molar-refractivity contribution is 5.91. The Morgan fingerprint density at radius 1 is 1.20 bits per heavy atom. The topological polar surface area (TPSA) is 74.6 Å². The monoisotopic (exact) mass is 346 g/mol. The van der Waals surface area contributed by atoms with Crippen molar-refractivity contribution in [1.29, 1.82) is 0 Å². The Hall–Kier alpha value is -1.00. The van der Waals surface area contributed by atoms with Crippen LogP contribution in [0.3, 0.4) is 0 Å². The summed E-state index contributed by atoms with van der Waals surface area (Å²) in [6, 6.07) is 0. The van der Waals surface area contributed by atoms with Crippen molar-refractivity contribution in [3.63, 3.8) is 0 Å². The lowest BCUT2D eigenvalue weighted by molar-refractivity contribution is -0.212. The highest BCUT2D eigenvalue weighted by Gasteiger charge is 2.69. The molecule has 4 aliphatic carbocycles. The lowest BCUT2D eigenvalue weighted by Gasteiger charge is -2.62. The summed E-state index contributed by atoms with van der Waals surface area (Å²) in [6.45, 7) is 5.92. The molecule has 4 nitrogen and oxygen atoms in total. The van der Waals surface area contributed by atoms with Gasteiger partial charge in [-0.25, -0.2) is 0 Å². The van der Waals surface area contributed by atoms with Gasteiger partial charge in [0.1, 0.15) is 5.78 Å². The van der Waals surface area contributed by atoms with Gasteiger partial charge in [0.25, 0.3) is 0 Å². The van der Waals surface area contributed by atoms with E-state index in [0.29, 0.717) is 19.3 Å². The molecule has 0 aromatic rings. The molecule has 0 bridgehead atoms. The maximum absolute atomic E-state index is 12.2. The van der Waals surface area contributed by atoms with E-state index in [1.165, 1.54) is 0 Å². The van der Waals surface area contributed by atoms with Gasteiger partial charge in [0.15, 0.2) is 5.78 Å². The number of carbonyl (C=O) groups is 2. The Labute approximate surface area is 149 Å². The number of hydrogen-bond donors (Lipinski definition) is 2. The largest absolute Gasteiger partial charge is 0.392 e. The number of hydrogen-bond acceptors (Lipinski definition) is 4. The van der Waals surface area contributed by atoms with Crippen LogP contribution in [0.25, 0.3) is 0 Å². The molecular weight excluding hydrogens is 316 g/mol.